The number of ether oxygens (including phenoxy) is 2. The molecule has 0 aromatic heterocycles. The van der Waals surface area contributed by atoms with E-state index in [0.717, 1.165) is 72.4 Å². The van der Waals surface area contributed by atoms with E-state index in [1.165, 1.54) is 0 Å². The summed E-state index contributed by atoms with van der Waals surface area (Å²) < 4.78 is 16.7. The van der Waals surface area contributed by atoms with E-state index in [2.05, 4.69) is 32.9 Å². The number of unbranched alkanes of at least 4 members (excludes halogenated alkanes) is 3. The zero-order valence-electron chi connectivity index (χ0n) is 29.2. The van der Waals surface area contributed by atoms with Crippen molar-refractivity contribution in [2.75, 3.05) is 0 Å². The molecule has 3 rings (SSSR count). The summed E-state index contributed by atoms with van der Waals surface area (Å²) in [6, 6.07) is 20.0. The summed E-state index contributed by atoms with van der Waals surface area (Å²) in [5.74, 6) is 0. The van der Waals surface area contributed by atoms with Crippen molar-refractivity contribution in [1.29, 1.82) is 0 Å². The number of hydrogen-bond donors (Lipinski definition) is 0. The van der Waals surface area contributed by atoms with Gasteiger partial charge in [0.15, 0.2) is 0 Å². The molecule has 0 atom stereocenters. The topological polar surface area (TPSA) is 59.1 Å². The molecule has 0 saturated heterocycles. The number of nitrogens with zero attached hydrogens (tertiary/aromatic N) is 2. The van der Waals surface area contributed by atoms with Crippen LogP contribution in [-0.2, 0) is 9.47 Å². The number of rotatable bonds is 12. The number of carbonyl (C=O) groups is 2. The molecule has 0 unspecified atom stereocenters. The fraction of sp³-hybridized carbons (Fsp3) is 0.526. The molecule has 45 heavy (non-hydrogen) atoms. The average molecular weight is 724 g/mol. The van der Waals surface area contributed by atoms with Gasteiger partial charge in [0, 0.05) is 0 Å². The molecule has 0 saturated carbocycles. The van der Waals surface area contributed by atoms with Crippen molar-refractivity contribution in [1.82, 2.24) is 9.80 Å². The molecule has 6 nitrogen and oxygen atoms in total. The molecule has 0 spiro atoms. The van der Waals surface area contributed by atoms with Crippen LogP contribution in [0.3, 0.4) is 0 Å². The monoisotopic (exact) mass is 724 g/mol. The number of benzene rings is 2. The summed E-state index contributed by atoms with van der Waals surface area (Å²) >= 11 is -3.59. The van der Waals surface area contributed by atoms with Crippen LogP contribution in [0.15, 0.2) is 70.6 Å². The molecule has 2 aromatic rings. The van der Waals surface area contributed by atoms with Crippen LogP contribution < -0.4 is 0 Å². The molecule has 2 amide bonds. The van der Waals surface area contributed by atoms with Crippen molar-refractivity contribution in [3.8, 4) is 0 Å². The van der Waals surface area contributed by atoms with Crippen LogP contribution in [0.5, 0.6) is 0 Å². The molecule has 1 aliphatic heterocycles. The van der Waals surface area contributed by atoms with Crippen molar-refractivity contribution in [2.45, 2.75) is 125 Å². The Morgan fingerprint density at radius 2 is 1.07 bits per heavy atom. The molecule has 7 heteroatoms. The standard InChI is InChI=1S/C26H29N2O4.3C4H9.Sn/c1-25(2,3)31-23(29)27-17-22(20-15-11-8-12-16-20)28(24(30)32-26(4,5)6)18-21(27)19-13-9-7-10-14-19;3*1-3-4-2;/h7-17H,1-6H3;3*1,3-4H2,2H3;. The Morgan fingerprint density at radius 1 is 0.644 bits per heavy atom. The summed E-state index contributed by atoms with van der Waals surface area (Å²) in [5.41, 5.74) is 1.78. The minimum atomic E-state index is -3.59. The zero-order chi connectivity index (χ0) is 33.3. The molecule has 0 N–H and O–H groups in total. The van der Waals surface area contributed by atoms with E-state index >= 15 is 0 Å². The fourth-order valence-electron chi connectivity index (χ4n) is 5.99. The molecule has 0 fully saturated rings. The van der Waals surface area contributed by atoms with Crippen LogP contribution in [0, 0.1) is 0 Å². The van der Waals surface area contributed by atoms with Crippen LogP contribution >= 0.6 is 0 Å². The first kappa shape index (κ1) is 36.7. The summed E-state index contributed by atoms with van der Waals surface area (Å²) in [6.45, 7) is 18.2. The van der Waals surface area contributed by atoms with Crippen molar-refractivity contribution in [3.63, 3.8) is 0 Å². The molecule has 1 heterocycles. The van der Waals surface area contributed by atoms with E-state index < -0.39 is 41.8 Å². The molecular weight excluding hydrogens is 667 g/mol. The molecule has 246 valence electrons. The second-order valence-electron chi connectivity index (χ2n) is 14.2. The summed E-state index contributed by atoms with van der Waals surface area (Å²) in [7, 11) is 0. The van der Waals surface area contributed by atoms with E-state index in [-0.39, 0.29) is 0 Å². The third-order valence-corrected chi connectivity index (χ3v) is 23.4. The van der Waals surface area contributed by atoms with Gasteiger partial charge in [0.1, 0.15) is 0 Å². The van der Waals surface area contributed by atoms with Gasteiger partial charge in [-0.3, -0.25) is 0 Å². The van der Waals surface area contributed by atoms with E-state index in [9.17, 15) is 9.59 Å². The second-order valence-corrected chi connectivity index (χ2v) is 27.1. The van der Waals surface area contributed by atoms with Crippen molar-refractivity contribution >= 4 is 42.0 Å². The fourth-order valence-corrected chi connectivity index (χ4v) is 23.1. The van der Waals surface area contributed by atoms with Crippen LogP contribution in [0.4, 0.5) is 9.59 Å². The quantitative estimate of drug-likeness (QED) is 0.205. The number of hydrogen-bond acceptors (Lipinski definition) is 4. The van der Waals surface area contributed by atoms with Crippen LogP contribution in [0.1, 0.15) is 112 Å². The third kappa shape index (κ3) is 9.87. The van der Waals surface area contributed by atoms with Gasteiger partial charge >= 0.3 is 278 Å². The molecule has 0 aliphatic carbocycles. The van der Waals surface area contributed by atoms with E-state index in [1.807, 2.05) is 95.0 Å². The Hall–Kier alpha value is -2.74. The van der Waals surface area contributed by atoms with E-state index in [4.69, 9.17) is 9.47 Å². The van der Waals surface area contributed by atoms with E-state index in [1.54, 1.807) is 11.1 Å². The maximum absolute atomic E-state index is 14.7. The first-order chi connectivity index (χ1) is 21.3. The Balaban J connectivity index is 2.56. The second kappa shape index (κ2) is 16.2. The van der Waals surface area contributed by atoms with Gasteiger partial charge in [0.2, 0.25) is 0 Å². The zero-order valence-corrected chi connectivity index (χ0v) is 32.1. The first-order valence-corrected chi connectivity index (χ1v) is 24.4. The van der Waals surface area contributed by atoms with Gasteiger partial charge < -0.3 is 0 Å². The first-order valence-electron chi connectivity index (χ1n) is 16.9. The Labute approximate surface area is 276 Å². The molecule has 1 aliphatic rings. The maximum atomic E-state index is 14.7. The molecular formula is C38H56N2O4Sn. The van der Waals surface area contributed by atoms with Crippen LogP contribution in [-0.4, -0.2) is 51.6 Å². The predicted octanol–water partition coefficient (Wildman–Crippen LogP) is 11.2. The Morgan fingerprint density at radius 3 is 1.49 bits per heavy atom. The predicted molar refractivity (Wildman–Crippen MR) is 189 cm³/mol. The van der Waals surface area contributed by atoms with Crippen LogP contribution in [0.2, 0.25) is 13.3 Å². The average Bonchev–Trinajstić information content (AvgIpc) is 2.99. The Bertz CT molecular complexity index is 1300. The van der Waals surface area contributed by atoms with Crippen molar-refractivity contribution < 1.29 is 19.1 Å². The van der Waals surface area contributed by atoms with Gasteiger partial charge in [-0.2, -0.15) is 0 Å². The number of amides is 2. The van der Waals surface area contributed by atoms with Gasteiger partial charge in [0.25, 0.3) is 0 Å². The van der Waals surface area contributed by atoms with Gasteiger partial charge in [-0.25, -0.2) is 0 Å². The molecule has 0 radical (unpaired) electrons. The van der Waals surface area contributed by atoms with Crippen LogP contribution in [0.25, 0.3) is 11.4 Å². The minimum absolute atomic E-state index is 0.393. The van der Waals surface area contributed by atoms with Crippen molar-refractivity contribution in [2.24, 2.45) is 0 Å². The van der Waals surface area contributed by atoms with Gasteiger partial charge in [0.05, 0.1) is 0 Å². The van der Waals surface area contributed by atoms with Gasteiger partial charge in [-0.05, 0) is 0 Å². The molecule has 0 bridgehead atoms. The summed E-state index contributed by atoms with van der Waals surface area (Å²) in [5, 5.41) is 0. The normalized spacial score (nSPS) is 14.4. The summed E-state index contributed by atoms with van der Waals surface area (Å²) in [4.78, 5) is 32.6. The number of carbonyl (C=O) groups excluding carboxylic acids is 2. The summed E-state index contributed by atoms with van der Waals surface area (Å²) in [6.07, 6.45) is 7.47. The van der Waals surface area contributed by atoms with E-state index in [0.29, 0.717) is 5.70 Å². The van der Waals surface area contributed by atoms with Gasteiger partial charge in [-0.1, -0.05) is 0 Å². The van der Waals surface area contributed by atoms with Gasteiger partial charge in [-0.15, -0.1) is 0 Å². The SMILES string of the molecule is CCC[CH2][Sn]([CH2]CCC)([CH2]CCC)[C]1=C(c2ccccc2)N(C(=O)OC(C)(C)C)C=C(c2ccccc2)N1C(=O)OC(C)(C)C. The molecule has 2 aromatic carbocycles. The Kier molecular flexibility index (Phi) is 13.2. The third-order valence-electron chi connectivity index (χ3n) is 7.99. The van der Waals surface area contributed by atoms with Crippen molar-refractivity contribution in [3.05, 3.63) is 81.7 Å².